The van der Waals surface area contributed by atoms with E-state index in [1.807, 2.05) is 13.8 Å². The minimum Gasteiger partial charge on any atom is -0.390 e. The highest BCUT2D eigenvalue weighted by Gasteiger charge is 2.69. The molecule has 6 heteroatoms. The topological polar surface area (TPSA) is 96.2 Å². The molecule has 34 heavy (non-hydrogen) atoms. The van der Waals surface area contributed by atoms with Crippen LogP contribution >= 0.6 is 0 Å². The van der Waals surface area contributed by atoms with Gasteiger partial charge >= 0.3 is 0 Å². The lowest BCUT2D eigenvalue weighted by molar-refractivity contribution is -0.229. The Morgan fingerprint density at radius 1 is 1.18 bits per heavy atom. The van der Waals surface area contributed by atoms with E-state index in [4.69, 9.17) is 9.47 Å². The molecular formula is C28H46O6. The predicted molar refractivity (Wildman–Crippen MR) is 130 cm³/mol. The highest BCUT2D eigenvalue weighted by atomic mass is 16.6. The third-order valence-electron chi connectivity index (χ3n) is 9.82. The monoisotopic (exact) mass is 478 g/mol. The van der Waals surface area contributed by atoms with Crippen LogP contribution in [0.4, 0.5) is 0 Å². The minimum absolute atomic E-state index is 0.0248. The molecule has 10 unspecified atom stereocenters. The Labute approximate surface area is 205 Å². The Kier molecular flexibility index (Phi) is 7.41. The van der Waals surface area contributed by atoms with Crippen LogP contribution in [0.2, 0.25) is 0 Å². The van der Waals surface area contributed by atoms with Crippen molar-refractivity contribution in [1.29, 1.82) is 0 Å². The van der Waals surface area contributed by atoms with Gasteiger partial charge in [0.25, 0.3) is 0 Å². The third kappa shape index (κ3) is 4.21. The second kappa shape index (κ2) is 9.59. The van der Waals surface area contributed by atoms with Gasteiger partial charge in [-0.05, 0) is 62.9 Å². The normalized spacial score (nSPS) is 48.6. The molecule has 3 heterocycles. The van der Waals surface area contributed by atoms with E-state index in [0.717, 1.165) is 32.1 Å². The van der Waals surface area contributed by atoms with Gasteiger partial charge in [-0.2, -0.15) is 0 Å². The first-order chi connectivity index (χ1) is 16.0. The molecule has 3 N–H and O–H groups in total. The SMILES string of the molecule is C=C1CC2OC3C4C(CCC(C)(O)C24)C(C)COC3(C)C(O)(C(=O)CCCCCCC)CC1O. The largest absolute Gasteiger partial charge is 0.390 e. The molecule has 0 spiro atoms. The van der Waals surface area contributed by atoms with Gasteiger partial charge in [0, 0.05) is 18.8 Å². The van der Waals surface area contributed by atoms with Crippen molar-refractivity contribution >= 4 is 5.78 Å². The Morgan fingerprint density at radius 3 is 2.59 bits per heavy atom. The predicted octanol–water partition coefficient (Wildman–Crippen LogP) is 3.94. The van der Waals surface area contributed by atoms with Crippen LogP contribution in [0.5, 0.6) is 0 Å². The molecule has 194 valence electrons. The molecule has 3 saturated heterocycles. The van der Waals surface area contributed by atoms with Crippen molar-refractivity contribution < 1.29 is 29.6 Å². The average molecular weight is 479 g/mol. The number of carbonyl (C=O) groups is 1. The molecule has 1 aliphatic carbocycles. The first-order valence-corrected chi connectivity index (χ1v) is 13.6. The molecule has 1 saturated carbocycles. The number of Topliss-reactive ketones (excluding diaryl/α,β-unsaturated/α-hetero) is 1. The van der Waals surface area contributed by atoms with E-state index in [1.165, 1.54) is 0 Å². The van der Waals surface area contributed by atoms with Gasteiger partial charge in [-0.3, -0.25) is 4.79 Å². The van der Waals surface area contributed by atoms with Crippen molar-refractivity contribution in [2.24, 2.45) is 23.7 Å². The van der Waals surface area contributed by atoms with Gasteiger partial charge in [-0.25, -0.2) is 0 Å². The summed E-state index contributed by atoms with van der Waals surface area (Å²) in [4.78, 5) is 13.8. The maximum absolute atomic E-state index is 13.8. The highest BCUT2D eigenvalue weighted by molar-refractivity contribution is 5.89. The number of hydrogen-bond acceptors (Lipinski definition) is 6. The number of unbranched alkanes of at least 4 members (excludes halogenated alkanes) is 4. The first-order valence-electron chi connectivity index (χ1n) is 13.6. The maximum atomic E-state index is 13.8. The van der Waals surface area contributed by atoms with Gasteiger partial charge in [-0.15, -0.1) is 0 Å². The van der Waals surface area contributed by atoms with Crippen LogP contribution in [0, 0.1) is 23.7 Å². The van der Waals surface area contributed by atoms with E-state index in [-0.39, 0.29) is 48.4 Å². The third-order valence-corrected chi connectivity index (χ3v) is 9.82. The number of ketones is 1. The molecule has 6 nitrogen and oxygen atoms in total. The van der Waals surface area contributed by atoms with Crippen LogP contribution in [0.15, 0.2) is 12.2 Å². The fourth-order valence-electron chi connectivity index (χ4n) is 7.63. The summed E-state index contributed by atoms with van der Waals surface area (Å²) in [6.45, 7) is 12.5. The zero-order chi connectivity index (χ0) is 24.9. The summed E-state index contributed by atoms with van der Waals surface area (Å²) in [5.41, 5.74) is -3.58. The van der Waals surface area contributed by atoms with Gasteiger partial charge in [0.2, 0.25) is 0 Å². The number of ether oxygens (including phenoxy) is 2. The van der Waals surface area contributed by atoms with Crippen LogP contribution < -0.4 is 0 Å². The second-order valence-electron chi connectivity index (χ2n) is 12.2. The summed E-state index contributed by atoms with van der Waals surface area (Å²) in [5.74, 6) is 0.0430. The van der Waals surface area contributed by atoms with Crippen molar-refractivity contribution in [3.63, 3.8) is 0 Å². The van der Waals surface area contributed by atoms with E-state index >= 15 is 0 Å². The van der Waals surface area contributed by atoms with Gasteiger partial charge in [0.15, 0.2) is 11.4 Å². The van der Waals surface area contributed by atoms with Crippen LogP contribution in [0.3, 0.4) is 0 Å². The zero-order valence-electron chi connectivity index (χ0n) is 21.6. The molecule has 0 radical (unpaired) electrons. The average Bonchev–Trinajstić information content (AvgIpc) is 3.13. The van der Waals surface area contributed by atoms with Crippen molar-refractivity contribution in [1.82, 2.24) is 0 Å². The second-order valence-corrected chi connectivity index (χ2v) is 12.2. The van der Waals surface area contributed by atoms with E-state index in [1.54, 1.807) is 0 Å². The van der Waals surface area contributed by atoms with Crippen LogP contribution in [-0.4, -0.2) is 62.8 Å². The van der Waals surface area contributed by atoms with E-state index in [2.05, 4.69) is 20.4 Å². The van der Waals surface area contributed by atoms with Crippen molar-refractivity contribution in [3.8, 4) is 0 Å². The van der Waals surface area contributed by atoms with Crippen LogP contribution in [0.1, 0.15) is 91.9 Å². The van der Waals surface area contributed by atoms with Gasteiger partial charge in [0.05, 0.1) is 30.5 Å². The molecule has 3 aliphatic heterocycles. The maximum Gasteiger partial charge on any atom is 0.167 e. The van der Waals surface area contributed by atoms with Gasteiger partial charge in [0.1, 0.15) is 5.60 Å². The highest BCUT2D eigenvalue weighted by Crippen LogP contribution is 2.60. The van der Waals surface area contributed by atoms with Crippen molar-refractivity contribution in [3.05, 3.63) is 12.2 Å². The Hall–Kier alpha value is -0.790. The fourth-order valence-corrected chi connectivity index (χ4v) is 7.63. The Bertz CT molecular complexity index is 779. The van der Waals surface area contributed by atoms with E-state index in [0.29, 0.717) is 31.4 Å². The summed E-state index contributed by atoms with van der Waals surface area (Å²) >= 11 is 0. The molecule has 0 aromatic heterocycles. The minimum atomic E-state index is -1.90. The summed E-state index contributed by atoms with van der Waals surface area (Å²) in [6, 6.07) is 0. The molecule has 0 amide bonds. The lowest BCUT2D eigenvalue weighted by Gasteiger charge is -2.50. The number of fused-ring (bicyclic) bond motifs is 2. The molecule has 0 aromatic rings. The number of rotatable bonds is 7. The first kappa shape index (κ1) is 26.3. The lowest BCUT2D eigenvalue weighted by Crippen LogP contribution is -2.67. The molecule has 4 aliphatic rings. The number of aliphatic hydroxyl groups is 3. The summed E-state index contributed by atoms with van der Waals surface area (Å²) in [7, 11) is 0. The molecule has 2 bridgehead atoms. The lowest BCUT2D eigenvalue weighted by atomic mass is 9.56. The zero-order valence-corrected chi connectivity index (χ0v) is 21.6. The molecule has 10 atom stereocenters. The summed E-state index contributed by atoms with van der Waals surface area (Å²) in [5, 5.41) is 34.8. The molecular weight excluding hydrogens is 432 g/mol. The van der Waals surface area contributed by atoms with Crippen LogP contribution in [-0.2, 0) is 14.3 Å². The van der Waals surface area contributed by atoms with E-state index in [9.17, 15) is 20.1 Å². The molecule has 0 aromatic carbocycles. The van der Waals surface area contributed by atoms with Gasteiger partial charge in [-0.1, -0.05) is 46.1 Å². The van der Waals surface area contributed by atoms with Crippen molar-refractivity contribution in [2.75, 3.05) is 6.61 Å². The van der Waals surface area contributed by atoms with Gasteiger partial charge < -0.3 is 24.8 Å². The summed E-state index contributed by atoms with van der Waals surface area (Å²) in [6.07, 6.45) is 5.17. The molecule has 4 rings (SSSR count). The van der Waals surface area contributed by atoms with Crippen LogP contribution in [0.25, 0.3) is 0 Å². The smallest absolute Gasteiger partial charge is 0.167 e. The fraction of sp³-hybridized carbons (Fsp3) is 0.893. The Balaban J connectivity index is 1.74. The quantitative estimate of drug-likeness (QED) is 0.379. The Morgan fingerprint density at radius 2 is 1.88 bits per heavy atom. The number of carbonyl (C=O) groups excluding carboxylic acids is 1. The summed E-state index contributed by atoms with van der Waals surface area (Å²) < 4.78 is 13.2. The van der Waals surface area contributed by atoms with Crippen molar-refractivity contribution in [2.45, 2.75) is 127 Å². The number of aliphatic hydroxyl groups excluding tert-OH is 1. The number of hydrogen-bond donors (Lipinski definition) is 3. The molecule has 4 fully saturated rings. The standard InChI is InChI=1S/C28H46O6/c1-6-7-8-9-10-11-22(30)28(32)15-20(29)17(2)14-21-24-23-19(12-13-26(24,4)31)18(3)16-33-27(28,5)25(23)34-21/h18-21,23-25,29,31-32H,2,6-16H2,1,3-5H3. The van der Waals surface area contributed by atoms with E-state index < -0.39 is 29.0 Å².